The van der Waals surface area contributed by atoms with Crippen molar-refractivity contribution in [2.24, 2.45) is 0 Å². The molecule has 1 atom stereocenters. The van der Waals surface area contributed by atoms with Crippen LogP contribution in [-0.4, -0.2) is 47.5 Å². The van der Waals surface area contributed by atoms with Crippen molar-refractivity contribution >= 4 is 0 Å². The van der Waals surface area contributed by atoms with Gasteiger partial charge >= 0.3 is 0 Å². The van der Waals surface area contributed by atoms with Gasteiger partial charge in [-0.1, -0.05) is 30.3 Å². The molecular formula is C23H34N2O3+2. The number of piperidine rings is 1. The topological polar surface area (TPSA) is 36.6 Å². The average molecular weight is 387 g/mol. The Kier molecular flexibility index (Phi) is 7.18. The molecular weight excluding hydrogens is 352 g/mol. The summed E-state index contributed by atoms with van der Waals surface area (Å²) in [7, 11) is 7.38. The number of ether oxygens (including phenoxy) is 3. The first-order chi connectivity index (χ1) is 13.6. The summed E-state index contributed by atoms with van der Waals surface area (Å²) in [6.45, 7) is 4.43. The zero-order valence-electron chi connectivity index (χ0n) is 17.6. The SMILES string of the molecule is COc1cc(OC)c(OC)cc1C[NH+]1CCC([NH+](C)Cc2ccccc2)CC1. The highest BCUT2D eigenvalue weighted by Crippen LogP contribution is 2.34. The summed E-state index contributed by atoms with van der Waals surface area (Å²) >= 11 is 0. The van der Waals surface area contributed by atoms with E-state index >= 15 is 0 Å². The molecule has 1 aliphatic heterocycles. The van der Waals surface area contributed by atoms with E-state index in [9.17, 15) is 0 Å². The lowest BCUT2D eigenvalue weighted by molar-refractivity contribution is -0.960. The molecule has 2 N–H and O–H groups in total. The summed E-state index contributed by atoms with van der Waals surface area (Å²) in [4.78, 5) is 3.23. The quantitative estimate of drug-likeness (QED) is 0.710. The van der Waals surface area contributed by atoms with Crippen LogP contribution in [-0.2, 0) is 13.1 Å². The summed E-state index contributed by atoms with van der Waals surface area (Å²) in [5.41, 5.74) is 2.60. The molecule has 3 rings (SSSR count). The van der Waals surface area contributed by atoms with Gasteiger partial charge in [-0.15, -0.1) is 0 Å². The monoisotopic (exact) mass is 386 g/mol. The van der Waals surface area contributed by atoms with Crippen LogP contribution >= 0.6 is 0 Å². The summed E-state index contributed by atoms with van der Waals surface area (Å²) in [5, 5.41) is 0. The second kappa shape index (κ2) is 9.80. The Bertz CT molecular complexity index is 743. The zero-order chi connectivity index (χ0) is 19.9. The van der Waals surface area contributed by atoms with Crippen LogP contribution in [0.25, 0.3) is 0 Å². The van der Waals surface area contributed by atoms with Gasteiger partial charge in [-0.25, -0.2) is 0 Å². The molecule has 152 valence electrons. The molecule has 0 bridgehead atoms. The molecule has 1 heterocycles. The number of hydrogen-bond acceptors (Lipinski definition) is 3. The first-order valence-electron chi connectivity index (χ1n) is 10.1. The molecule has 0 radical (unpaired) electrons. The van der Waals surface area contributed by atoms with Crippen molar-refractivity contribution in [1.29, 1.82) is 0 Å². The summed E-state index contributed by atoms with van der Waals surface area (Å²) in [6, 6.07) is 15.5. The maximum Gasteiger partial charge on any atom is 0.164 e. The first kappa shape index (κ1) is 20.5. The number of quaternary nitrogens is 2. The molecule has 0 aromatic heterocycles. The van der Waals surface area contributed by atoms with E-state index in [0.717, 1.165) is 30.6 Å². The van der Waals surface area contributed by atoms with E-state index in [-0.39, 0.29) is 0 Å². The van der Waals surface area contributed by atoms with E-state index in [2.05, 4.69) is 43.4 Å². The van der Waals surface area contributed by atoms with Crippen molar-refractivity contribution in [3.63, 3.8) is 0 Å². The summed E-state index contributed by atoms with van der Waals surface area (Å²) in [5.74, 6) is 2.35. The molecule has 1 saturated heterocycles. The second-order valence-corrected chi connectivity index (χ2v) is 7.73. The average Bonchev–Trinajstić information content (AvgIpc) is 2.74. The Morgan fingerprint density at radius 2 is 1.50 bits per heavy atom. The van der Waals surface area contributed by atoms with Crippen molar-refractivity contribution in [2.75, 3.05) is 41.5 Å². The standard InChI is InChI=1S/C23H32N2O3/c1-24(16-18-8-6-5-7-9-18)20-10-12-25(13-11-20)17-19-14-22(27-3)23(28-4)15-21(19)26-2/h5-9,14-15,20H,10-13,16-17H2,1-4H3/p+2. The zero-order valence-corrected chi connectivity index (χ0v) is 17.6. The van der Waals surface area contributed by atoms with E-state index in [1.807, 2.05) is 6.07 Å². The highest BCUT2D eigenvalue weighted by atomic mass is 16.5. The van der Waals surface area contributed by atoms with Crippen LogP contribution < -0.4 is 24.0 Å². The van der Waals surface area contributed by atoms with Crippen molar-refractivity contribution in [3.05, 3.63) is 53.6 Å². The lowest BCUT2D eigenvalue weighted by Gasteiger charge is -2.32. The fourth-order valence-corrected chi connectivity index (χ4v) is 4.26. The van der Waals surface area contributed by atoms with E-state index < -0.39 is 0 Å². The summed E-state index contributed by atoms with van der Waals surface area (Å²) in [6.07, 6.45) is 2.51. The van der Waals surface area contributed by atoms with Crippen molar-refractivity contribution in [1.82, 2.24) is 0 Å². The largest absolute Gasteiger partial charge is 0.496 e. The van der Waals surface area contributed by atoms with Gasteiger partial charge in [-0.3, -0.25) is 0 Å². The van der Waals surface area contributed by atoms with Crippen LogP contribution in [0.1, 0.15) is 24.0 Å². The highest BCUT2D eigenvalue weighted by Gasteiger charge is 2.28. The molecule has 0 spiro atoms. The van der Waals surface area contributed by atoms with Crippen molar-refractivity contribution in [3.8, 4) is 17.2 Å². The minimum absolute atomic E-state index is 0.711. The lowest BCUT2D eigenvalue weighted by atomic mass is 10.0. The molecule has 2 aromatic carbocycles. The van der Waals surface area contributed by atoms with E-state index in [1.165, 1.54) is 37.1 Å². The Morgan fingerprint density at radius 3 is 2.11 bits per heavy atom. The number of nitrogens with one attached hydrogen (secondary N) is 2. The molecule has 1 fully saturated rings. The van der Waals surface area contributed by atoms with Crippen LogP contribution in [0.2, 0.25) is 0 Å². The third-order valence-electron chi connectivity index (χ3n) is 5.94. The molecule has 1 unspecified atom stereocenters. The van der Waals surface area contributed by atoms with Crippen LogP contribution in [0.3, 0.4) is 0 Å². The maximum atomic E-state index is 5.60. The normalized spacial score (nSPS) is 20.4. The number of benzene rings is 2. The Labute approximate surface area is 168 Å². The number of likely N-dealkylation sites (tertiary alicyclic amines) is 1. The maximum absolute atomic E-state index is 5.60. The lowest BCUT2D eigenvalue weighted by Crippen LogP contribution is -3.18. The van der Waals surface area contributed by atoms with Gasteiger partial charge in [0, 0.05) is 24.5 Å². The second-order valence-electron chi connectivity index (χ2n) is 7.73. The third kappa shape index (κ3) is 4.97. The van der Waals surface area contributed by atoms with Crippen LogP contribution in [0.5, 0.6) is 17.2 Å². The Hall–Kier alpha value is -2.24. The number of hydrogen-bond donors (Lipinski definition) is 2. The molecule has 5 heteroatoms. The summed E-state index contributed by atoms with van der Waals surface area (Å²) < 4.78 is 16.5. The van der Waals surface area contributed by atoms with Gasteiger partial charge in [-0.05, 0) is 6.07 Å². The van der Waals surface area contributed by atoms with Crippen molar-refractivity contribution < 1.29 is 24.0 Å². The van der Waals surface area contributed by atoms with Crippen LogP contribution in [0.4, 0.5) is 0 Å². The number of methoxy groups -OCH3 is 3. The predicted octanol–water partition coefficient (Wildman–Crippen LogP) is 0.975. The molecule has 28 heavy (non-hydrogen) atoms. The first-order valence-corrected chi connectivity index (χ1v) is 10.1. The molecule has 5 nitrogen and oxygen atoms in total. The predicted molar refractivity (Wildman–Crippen MR) is 111 cm³/mol. The smallest absolute Gasteiger partial charge is 0.164 e. The molecule has 1 aliphatic rings. The van der Waals surface area contributed by atoms with Gasteiger partial charge in [0.1, 0.15) is 18.8 Å². The number of rotatable bonds is 8. The molecule has 2 aromatic rings. The van der Waals surface area contributed by atoms with Gasteiger partial charge in [-0.2, -0.15) is 0 Å². The third-order valence-corrected chi connectivity index (χ3v) is 5.94. The van der Waals surface area contributed by atoms with E-state index in [1.54, 1.807) is 31.1 Å². The Balaban J connectivity index is 1.58. The van der Waals surface area contributed by atoms with E-state index in [0.29, 0.717) is 5.75 Å². The minimum atomic E-state index is 0.711. The van der Waals surface area contributed by atoms with Gasteiger partial charge < -0.3 is 24.0 Å². The molecule has 0 aliphatic carbocycles. The van der Waals surface area contributed by atoms with Gasteiger partial charge in [0.05, 0.1) is 53.1 Å². The van der Waals surface area contributed by atoms with Crippen LogP contribution in [0.15, 0.2) is 42.5 Å². The van der Waals surface area contributed by atoms with Gasteiger partial charge in [0.2, 0.25) is 0 Å². The van der Waals surface area contributed by atoms with Crippen molar-refractivity contribution in [2.45, 2.75) is 32.0 Å². The Morgan fingerprint density at radius 1 is 0.893 bits per heavy atom. The van der Waals surface area contributed by atoms with E-state index in [4.69, 9.17) is 14.2 Å². The van der Waals surface area contributed by atoms with Gasteiger partial charge in [0.25, 0.3) is 0 Å². The van der Waals surface area contributed by atoms with Gasteiger partial charge in [0.15, 0.2) is 11.5 Å². The highest BCUT2D eigenvalue weighted by molar-refractivity contribution is 5.50. The minimum Gasteiger partial charge on any atom is -0.496 e. The van der Waals surface area contributed by atoms with Crippen LogP contribution in [0, 0.1) is 0 Å². The molecule has 0 amide bonds. The molecule has 0 saturated carbocycles. The fraction of sp³-hybridized carbons (Fsp3) is 0.478. The fourth-order valence-electron chi connectivity index (χ4n) is 4.26.